The number of hydrogen-bond acceptors (Lipinski definition) is 7. The predicted octanol–water partition coefficient (Wildman–Crippen LogP) is 2.25. The molecular formula is C23H27N5O6. The lowest BCUT2D eigenvalue weighted by Gasteiger charge is -2.36. The number of nitrogens with zero attached hydrogens (tertiary/aromatic N) is 4. The van der Waals surface area contributed by atoms with E-state index in [-0.39, 0.29) is 30.1 Å². The highest BCUT2D eigenvalue weighted by Crippen LogP contribution is 2.33. The first-order valence-electron chi connectivity index (χ1n) is 11.0. The Morgan fingerprint density at radius 3 is 2.26 bits per heavy atom. The second kappa shape index (κ2) is 9.86. The van der Waals surface area contributed by atoms with Crippen LogP contribution in [0.25, 0.3) is 0 Å². The van der Waals surface area contributed by atoms with Crippen molar-refractivity contribution in [3.63, 3.8) is 0 Å². The monoisotopic (exact) mass is 469 g/mol. The van der Waals surface area contributed by atoms with E-state index in [4.69, 9.17) is 9.47 Å². The molecule has 2 aromatic rings. The average Bonchev–Trinajstić information content (AvgIpc) is 3.23. The summed E-state index contributed by atoms with van der Waals surface area (Å²) in [6, 6.07) is 11.2. The summed E-state index contributed by atoms with van der Waals surface area (Å²) in [7, 11) is 3.09. The van der Waals surface area contributed by atoms with Crippen LogP contribution in [0, 0.1) is 10.1 Å². The van der Waals surface area contributed by atoms with Gasteiger partial charge in [-0.1, -0.05) is 0 Å². The van der Waals surface area contributed by atoms with E-state index in [1.165, 1.54) is 19.2 Å². The van der Waals surface area contributed by atoms with Crippen molar-refractivity contribution in [2.75, 3.05) is 56.7 Å². The molecule has 34 heavy (non-hydrogen) atoms. The smallest absolute Gasteiger partial charge is 0.317 e. The van der Waals surface area contributed by atoms with E-state index < -0.39 is 4.92 Å². The Morgan fingerprint density at radius 1 is 1.00 bits per heavy atom. The molecule has 1 N–H and O–H groups in total. The fourth-order valence-corrected chi connectivity index (χ4v) is 4.27. The van der Waals surface area contributed by atoms with Crippen LogP contribution in [0.3, 0.4) is 0 Å². The summed E-state index contributed by atoms with van der Waals surface area (Å²) in [6.07, 6.45) is 0.225. The number of methoxy groups -OCH3 is 2. The molecule has 2 aromatic carbocycles. The van der Waals surface area contributed by atoms with Gasteiger partial charge in [-0.15, -0.1) is 0 Å². The molecule has 0 unspecified atom stereocenters. The van der Waals surface area contributed by atoms with Crippen molar-refractivity contribution >= 4 is 29.0 Å². The van der Waals surface area contributed by atoms with Crippen molar-refractivity contribution in [2.24, 2.45) is 0 Å². The number of nitrogens with one attached hydrogen (secondary N) is 1. The number of non-ortho nitro benzene ring substituents is 1. The summed E-state index contributed by atoms with van der Waals surface area (Å²) in [5, 5.41) is 13.8. The molecule has 0 spiro atoms. The van der Waals surface area contributed by atoms with E-state index in [1.54, 1.807) is 47.2 Å². The number of rotatable bonds is 6. The Hall–Kier alpha value is -4.02. The number of hydrogen-bond donors (Lipinski definition) is 1. The number of benzene rings is 2. The third-order valence-electron chi connectivity index (χ3n) is 6.12. The van der Waals surface area contributed by atoms with Crippen molar-refractivity contribution in [1.29, 1.82) is 0 Å². The van der Waals surface area contributed by atoms with E-state index in [1.807, 2.05) is 0 Å². The van der Waals surface area contributed by atoms with Gasteiger partial charge in [-0.05, 0) is 24.3 Å². The zero-order chi connectivity index (χ0) is 24.2. The van der Waals surface area contributed by atoms with Gasteiger partial charge >= 0.3 is 6.03 Å². The number of carbonyl (C=O) groups is 2. The number of urea groups is 1. The van der Waals surface area contributed by atoms with Crippen LogP contribution in [0.4, 0.5) is 21.9 Å². The van der Waals surface area contributed by atoms with E-state index in [2.05, 4.69) is 10.2 Å². The maximum Gasteiger partial charge on any atom is 0.317 e. The Morgan fingerprint density at radius 2 is 1.65 bits per heavy atom. The number of nitro benzene ring substituents is 1. The van der Waals surface area contributed by atoms with E-state index >= 15 is 0 Å². The highest BCUT2D eigenvalue weighted by atomic mass is 16.6. The second-order valence-electron chi connectivity index (χ2n) is 8.14. The number of nitro groups is 1. The quantitative estimate of drug-likeness (QED) is 0.509. The average molecular weight is 469 g/mol. The van der Waals surface area contributed by atoms with Crippen LogP contribution in [0.15, 0.2) is 42.5 Å². The van der Waals surface area contributed by atoms with E-state index in [0.29, 0.717) is 49.9 Å². The molecule has 2 saturated heterocycles. The highest BCUT2D eigenvalue weighted by molar-refractivity contribution is 5.97. The van der Waals surface area contributed by atoms with Crippen molar-refractivity contribution in [2.45, 2.75) is 12.5 Å². The summed E-state index contributed by atoms with van der Waals surface area (Å²) in [5.74, 6) is 1.04. The Labute approximate surface area is 197 Å². The third-order valence-corrected chi connectivity index (χ3v) is 6.12. The van der Waals surface area contributed by atoms with Crippen LogP contribution < -0.4 is 24.6 Å². The van der Waals surface area contributed by atoms with Crippen LogP contribution in [0.1, 0.15) is 6.42 Å². The zero-order valence-corrected chi connectivity index (χ0v) is 19.1. The summed E-state index contributed by atoms with van der Waals surface area (Å²) in [5.41, 5.74) is 1.63. The molecular weight excluding hydrogens is 442 g/mol. The molecule has 0 aromatic heterocycles. The van der Waals surface area contributed by atoms with Crippen LogP contribution in [0.5, 0.6) is 11.5 Å². The molecule has 3 amide bonds. The topological polar surface area (TPSA) is 117 Å². The van der Waals surface area contributed by atoms with Crippen LogP contribution in [-0.4, -0.2) is 74.7 Å². The van der Waals surface area contributed by atoms with Crippen molar-refractivity contribution < 1.29 is 24.0 Å². The molecule has 0 radical (unpaired) electrons. The third kappa shape index (κ3) is 4.82. The minimum atomic E-state index is -0.425. The van der Waals surface area contributed by atoms with Gasteiger partial charge in [0.2, 0.25) is 5.91 Å². The van der Waals surface area contributed by atoms with Gasteiger partial charge < -0.3 is 29.5 Å². The van der Waals surface area contributed by atoms with Crippen molar-refractivity contribution in [1.82, 2.24) is 10.2 Å². The number of ether oxygens (including phenoxy) is 2. The maximum absolute atomic E-state index is 12.8. The van der Waals surface area contributed by atoms with Crippen LogP contribution in [-0.2, 0) is 4.79 Å². The highest BCUT2D eigenvalue weighted by Gasteiger charge is 2.33. The minimum Gasteiger partial charge on any atom is -0.493 e. The van der Waals surface area contributed by atoms with Gasteiger partial charge in [0, 0.05) is 68.7 Å². The second-order valence-corrected chi connectivity index (χ2v) is 8.14. The number of carbonyl (C=O) groups excluding carboxylic acids is 2. The Balaban J connectivity index is 1.31. The van der Waals surface area contributed by atoms with Gasteiger partial charge in [-0.2, -0.15) is 0 Å². The Kier molecular flexibility index (Phi) is 6.71. The zero-order valence-electron chi connectivity index (χ0n) is 19.1. The standard InChI is InChI=1S/C23H27N5O6/c1-33-20-8-7-19(14-21(20)34-2)27-15-16(13-22(27)29)24-23(30)26-11-9-25(10-12-26)17-3-5-18(6-4-17)28(31)32/h3-8,14,16H,9-13,15H2,1-2H3,(H,24,30)/t16-/m1/s1. The molecule has 11 heteroatoms. The lowest BCUT2D eigenvalue weighted by Crippen LogP contribution is -2.53. The molecule has 180 valence electrons. The summed E-state index contributed by atoms with van der Waals surface area (Å²) < 4.78 is 10.6. The van der Waals surface area contributed by atoms with Gasteiger partial charge in [0.15, 0.2) is 11.5 Å². The summed E-state index contributed by atoms with van der Waals surface area (Å²) >= 11 is 0. The fraction of sp³-hybridized carbons (Fsp3) is 0.391. The van der Waals surface area contributed by atoms with Crippen molar-refractivity contribution in [3.8, 4) is 11.5 Å². The first-order valence-corrected chi connectivity index (χ1v) is 11.0. The van der Waals surface area contributed by atoms with Gasteiger partial charge in [0.05, 0.1) is 25.2 Å². The SMILES string of the molecule is COc1ccc(N2C[C@H](NC(=O)N3CCN(c4ccc([N+](=O)[O-])cc4)CC3)CC2=O)cc1OC. The van der Waals surface area contributed by atoms with Crippen LogP contribution in [0.2, 0.25) is 0 Å². The Bertz CT molecular complexity index is 1070. The van der Waals surface area contributed by atoms with E-state index in [9.17, 15) is 19.7 Å². The van der Waals surface area contributed by atoms with E-state index in [0.717, 1.165) is 5.69 Å². The lowest BCUT2D eigenvalue weighted by molar-refractivity contribution is -0.384. The number of anilines is 2. The number of piperazine rings is 1. The molecule has 11 nitrogen and oxygen atoms in total. The first kappa shape index (κ1) is 23.1. The molecule has 1 atom stereocenters. The molecule has 2 fully saturated rings. The first-order chi connectivity index (χ1) is 16.4. The molecule has 0 bridgehead atoms. The largest absolute Gasteiger partial charge is 0.493 e. The maximum atomic E-state index is 12.8. The summed E-state index contributed by atoms with van der Waals surface area (Å²) in [4.78, 5) is 41.3. The fourth-order valence-electron chi connectivity index (χ4n) is 4.27. The normalized spacial score (nSPS) is 18.1. The lowest BCUT2D eigenvalue weighted by atomic mass is 10.2. The predicted molar refractivity (Wildman–Crippen MR) is 126 cm³/mol. The molecule has 2 aliphatic heterocycles. The molecule has 2 aliphatic rings. The molecule has 0 saturated carbocycles. The van der Waals surface area contributed by atoms with Gasteiger partial charge in [0.1, 0.15) is 0 Å². The number of amides is 3. The minimum absolute atomic E-state index is 0.0509. The van der Waals surface area contributed by atoms with Gasteiger partial charge in [0.25, 0.3) is 5.69 Å². The molecule has 2 heterocycles. The van der Waals surface area contributed by atoms with Gasteiger partial charge in [-0.3, -0.25) is 14.9 Å². The van der Waals surface area contributed by atoms with Crippen molar-refractivity contribution in [3.05, 3.63) is 52.6 Å². The summed E-state index contributed by atoms with van der Waals surface area (Å²) in [6.45, 7) is 2.65. The molecule has 0 aliphatic carbocycles. The van der Waals surface area contributed by atoms with Crippen LogP contribution >= 0.6 is 0 Å². The molecule has 4 rings (SSSR count). The van der Waals surface area contributed by atoms with Gasteiger partial charge in [-0.25, -0.2) is 4.79 Å².